The molecule has 0 bridgehead atoms. The molecule has 4 heteroatoms. The van der Waals surface area contributed by atoms with Crippen molar-refractivity contribution in [1.82, 2.24) is 4.90 Å². The lowest BCUT2D eigenvalue weighted by molar-refractivity contribution is -0.138. The monoisotopic (exact) mass is 243 g/mol. The van der Waals surface area contributed by atoms with Gasteiger partial charge in [-0.2, -0.15) is 0 Å². The van der Waals surface area contributed by atoms with E-state index < -0.39 is 5.97 Å². The van der Waals surface area contributed by atoms with E-state index in [4.69, 9.17) is 5.11 Å². The standard InChI is InChI=1S/C13H25NO3/c1-4-5-6-8-14(9-7-13(16)17)12(15)10-11(2)3/h11H,4-10H2,1-3H3,(H,16,17). The minimum absolute atomic E-state index is 0.0377. The second-order valence-electron chi connectivity index (χ2n) is 4.83. The summed E-state index contributed by atoms with van der Waals surface area (Å²) in [6, 6.07) is 0. The fraction of sp³-hybridized carbons (Fsp3) is 0.846. The minimum atomic E-state index is -0.845. The van der Waals surface area contributed by atoms with Crippen LogP contribution in [0.1, 0.15) is 52.9 Å². The van der Waals surface area contributed by atoms with Crippen molar-refractivity contribution in [3.05, 3.63) is 0 Å². The van der Waals surface area contributed by atoms with Crippen LogP contribution >= 0.6 is 0 Å². The number of hydrogen-bond acceptors (Lipinski definition) is 2. The smallest absolute Gasteiger partial charge is 0.305 e. The van der Waals surface area contributed by atoms with Crippen LogP contribution in [0.15, 0.2) is 0 Å². The predicted molar refractivity (Wildman–Crippen MR) is 67.8 cm³/mol. The molecule has 0 radical (unpaired) electrons. The molecule has 0 heterocycles. The summed E-state index contributed by atoms with van der Waals surface area (Å²) in [5, 5.41) is 8.66. The molecule has 17 heavy (non-hydrogen) atoms. The van der Waals surface area contributed by atoms with Crippen LogP contribution in [0.3, 0.4) is 0 Å². The number of rotatable bonds is 9. The highest BCUT2D eigenvalue weighted by molar-refractivity contribution is 5.77. The first-order chi connectivity index (χ1) is 7.97. The number of carboxylic acids is 1. The SMILES string of the molecule is CCCCCN(CCC(=O)O)C(=O)CC(C)C. The van der Waals surface area contributed by atoms with Gasteiger partial charge in [-0.25, -0.2) is 0 Å². The first-order valence-corrected chi connectivity index (χ1v) is 6.47. The number of amides is 1. The third-order valence-electron chi connectivity index (χ3n) is 2.56. The molecule has 0 aliphatic carbocycles. The van der Waals surface area contributed by atoms with Crippen LogP contribution in [0.4, 0.5) is 0 Å². The zero-order valence-electron chi connectivity index (χ0n) is 11.2. The van der Waals surface area contributed by atoms with Gasteiger partial charge in [-0.3, -0.25) is 9.59 Å². The highest BCUT2D eigenvalue weighted by Crippen LogP contribution is 2.07. The largest absolute Gasteiger partial charge is 0.481 e. The number of unbranched alkanes of at least 4 members (excludes halogenated alkanes) is 2. The van der Waals surface area contributed by atoms with Crippen molar-refractivity contribution in [2.45, 2.75) is 52.9 Å². The minimum Gasteiger partial charge on any atom is -0.481 e. The summed E-state index contributed by atoms with van der Waals surface area (Å²) < 4.78 is 0. The first kappa shape index (κ1) is 15.9. The lowest BCUT2D eigenvalue weighted by Gasteiger charge is -2.22. The molecule has 0 saturated heterocycles. The van der Waals surface area contributed by atoms with Crippen molar-refractivity contribution in [2.75, 3.05) is 13.1 Å². The van der Waals surface area contributed by atoms with Gasteiger partial charge in [0.05, 0.1) is 6.42 Å². The molecule has 0 aliphatic heterocycles. The number of carbonyl (C=O) groups is 2. The van der Waals surface area contributed by atoms with Crippen LogP contribution in [0.25, 0.3) is 0 Å². The summed E-state index contributed by atoms with van der Waals surface area (Å²) in [5.41, 5.74) is 0. The maximum atomic E-state index is 11.9. The van der Waals surface area contributed by atoms with Crippen LogP contribution in [0.2, 0.25) is 0 Å². The van der Waals surface area contributed by atoms with Gasteiger partial charge in [0, 0.05) is 19.5 Å². The Morgan fingerprint density at radius 3 is 2.29 bits per heavy atom. The predicted octanol–water partition coefficient (Wildman–Crippen LogP) is 2.53. The van der Waals surface area contributed by atoms with Crippen LogP contribution in [0.5, 0.6) is 0 Å². The normalized spacial score (nSPS) is 10.6. The van der Waals surface area contributed by atoms with E-state index in [9.17, 15) is 9.59 Å². The van der Waals surface area contributed by atoms with Crippen LogP contribution in [0, 0.1) is 5.92 Å². The van der Waals surface area contributed by atoms with Crippen LogP contribution in [-0.4, -0.2) is 35.0 Å². The van der Waals surface area contributed by atoms with Gasteiger partial charge in [-0.05, 0) is 12.3 Å². The number of aliphatic carboxylic acids is 1. The average Bonchev–Trinajstić information content (AvgIpc) is 2.21. The van der Waals surface area contributed by atoms with E-state index in [1.54, 1.807) is 4.90 Å². The van der Waals surface area contributed by atoms with E-state index in [1.165, 1.54) is 0 Å². The number of carboxylic acid groups (broad SMARTS) is 1. The summed E-state index contributed by atoms with van der Waals surface area (Å²) in [7, 11) is 0. The molecule has 0 rings (SSSR count). The topological polar surface area (TPSA) is 57.6 Å². The molecule has 1 amide bonds. The van der Waals surface area contributed by atoms with Gasteiger partial charge in [0.2, 0.25) is 5.91 Å². The fourth-order valence-electron chi connectivity index (χ4n) is 1.62. The molecule has 0 aliphatic rings. The number of nitrogens with zero attached hydrogens (tertiary/aromatic N) is 1. The van der Waals surface area contributed by atoms with E-state index in [1.807, 2.05) is 13.8 Å². The Kier molecular flexibility index (Phi) is 8.46. The molecule has 4 nitrogen and oxygen atoms in total. The van der Waals surface area contributed by atoms with Crippen molar-refractivity contribution in [2.24, 2.45) is 5.92 Å². The fourth-order valence-corrected chi connectivity index (χ4v) is 1.62. The molecule has 0 aromatic heterocycles. The molecule has 0 fully saturated rings. The first-order valence-electron chi connectivity index (χ1n) is 6.47. The molecule has 100 valence electrons. The Morgan fingerprint density at radius 1 is 1.18 bits per heavy atom. The van der Waals surface area contributed by atoms with E-state index in [0.717, 1.165) is 19.3 Å². The van der Waals surface area contributed by atoms with E-state index in [2.05, 4.69) is 6.92 Å². The summed E-state index contributed by atoms with van der Waals surface area (Å²) >= 11 is 0. The quantitative estimate of drug-likeness (QED) is 0.633. The van der Waals surface area contributed by atoms with Gasteiger partial charge in [0.25, 0.3) is 0 Å². The zero-order chi connectivity index (χ0) is 13.3. The van der Waals surface area contributed by atoms with Crippen molar-refractivity contribution in [3.63, 3.8) is 0 Å². The molecule has 0 saturated carbocycles. The Hall–Kier alpha value is -1.06. The van der Waals surface area contributed by atoms with Gasteiger partial charge in [-0.15, -0.1) is 0 Å². The van der Waals surface area contributed by atoms with Gasteiger partial charge in [0.1, 0.15) is 0 Å². The van der Waals surface area contributed by atoms with Crippen molar-refractivity contribution in [3.8, 4) is 0 Å². The van der Waals surface area contributed by atoms with Gasteiger partial charge < -0.3 is 10.0 Å². The summed E-state index contributed by atoms with van der Waals surface area (Å²) in [5.74, 6) is -0.443. The molecule has 0 atom stereocenters. The lowest BCUT2D eigenvalue weighted by Crippen LogP contribution is -2.34. The molecule has 0 aromatic carbocycles. The summed E-state index contributed by atoms with van der Waals surface area (Å²) in [6.45, 7) is 7.13. The highest BCUT2D eigenvalue weighted by Gasteiger charge is 2.15. The highest BCUT2D eigenvalue weighted by atomic mass is 16.4. The molecule has 1 N–H and O–H groups in total. The molecular formula is C13H25NO3. The third-order valence-corrected chi connectivity index (χ3v) is 2.56. The summed E-state index contributed by atoms with van der Waals surface area (Å²) in [4.78, 5) is 24.1. The number of carbonyl (C=O) groups excluding carboxylic acids is 1. The van der Waals surface area contributed by atoms with E-state index in [-0.39, 0.29) is 12.3 Å². The second-order valence-corrected chi connectivity index (χ2v) is 4.83. The van der Waals surface area contributed by atoms with Crippen LogP contribution in [-0.2, 0) is 9.59 Å². The van der Waals surface area contributed by atoms with Gasteiger partial charge in [-0.1, -0.05) is 33.6 Å². The van der Waals surface area contributed by atoms with Crippen molar-refractivity contribution in [1.29, 1.82) is 0 Å². The Labute approximate surface area is 104 Å². The Balaban J connectivity index is 4.17. The molecule has 0 unspecified atom stereocenters. The van der Waals surface area contributed by atoms with E-state index in [0.29, 0.717) is 25.4 Å². The summed E-state index contributed by atoms with van der Waals surface area (Å²) in [6.07, 6.45) is 3.69. The molecule has 0 spiro atoms. The van der Waals surface area contributed by atoms with Gasteiger partial charge >= 0.3 is 5.97 Å². The Bertz CT molecular complexity index is 239. The van der Waals surface area contributed by atoms with Crippen molar-refractivity contribution >= 4 is 11.9 Å². The zero-order valence-corrected chi connectivity index (χ0v) is 11.2. The lowest BCUT2D eigenvalue weighted by atomic mass is 10.1. The number of hydrogen-bond donors (Lipinski definition) is 1. The second kappa shape index (κ2) is 9.02. The Morgan fingerprint density at radius 2 is 1.82 bits per heavy atom. The third kappa shape index (κ3) is 8.72. The maximum absolute atomic E-state index is 11.9. The van der Waals surface area contributed by atoms with E-state index >= 15 is 0 Å². The van der Waals surface area contributed by atoms with Crippen LogP contribution < -0.4 is 0 Å². The maximum Gasteiger partial charge on any atom is 0.305 e. The average molecular weight is 243 g/mol. The molecular weight excluding hydrogens is 218 g/mol. The molecule has 0 aromatic rings. The van der Waals surface area contributed by atoms with Crippen molar-refractivity contribution < 1.29 is 14.7 Å². The van der Waals surface area contributed by atoms with Gasteiger partial charge in [0.15, 0.2) is 0 Å².